The molecule has 1 aromatic carbocycles. The van der Waals surface area contributed by atoms with Gasteiger partial charge in [0, 0.05) is 6.61 Å². The summed E-state index contributed by atoms with van der Waals surface area (Å²) in [6, 6.07) is 4.01. The lowest BCUT2D eigenvalue weighted by molar-refractivity contribution is 0.0695. The number of aliphatic hydroxyl groups is 1. The van der Waals surface area contributed by atoms with Crippen LogP contribution < -0.4 is 0 Å². The quantitative estimate of drug-likeness (QED) is 0.796. The van der Waals surface area contributed by atoms with Gasteiger partial charge in [-0.2, -0.15) is 0 Å². The van der Waals surface area contributed by atoms with Gasteiger partial charge in [-0.3, -0.25) is 0 Å². The van der Waals surface area contributed by atoms with Gasteiger partial charge in [0.1, 0.15) is 0 Å². The van der Waals surface area contributed by atoms with Gasteiger partial charge in [-0.15, -0.1) is 0 Å². The predicted molar refractivity (Wildman–Crippen MR) is 78.8 cm³/mol. The summed E-state index contributed by atoms with van der Waals surface area (Å²) < 4.78 is 0. The fourth-order valence-corrected chi connectivity index (χ4v) is 2.36. The van der Waals surface area contributed by atoms with Crippen LogP contribution in [-0.4, -0.2) is 33.9 Å². The summed E-state index contributed by atoms with van der Waals surface area (Å²) in [5, 5.41) is 26.0. The molecule has 1 aliphatic rings. The number of benzene rings is 1. The van der Waals surface area contributed by atoms with Gasteiger partial charge in [0.2, 0.25) is 0 Å². The first-order valence-corrected chi connectivity index (χ1v) is 7.13. The normalized spacial score (nSPS) is 15.0. The van der Waals surface area contributed by atoms with Gasteiger partial charge in [-0.25, -0.2) is 9.59 Å². The number of hydrogen-bond acceptors (Lipinski definition) is 3. The highest BCUT2D eigenvalue weighted by atomic mass is 16.4. The van der Waals surface area contributed by atoms with Gasteiger partial charge in [0.25, 0.3) is 0 Å². The highest BCUT2D eigenvalue weighted by molar-refractivity contribution is 5.94. The summed E-state index contributed by atoms with van der Waals surface area (Å²) in [4.78, 5) is 21.1. The van der Waals surface area contributed by atoms with Crippen molar-refractivity contribution in [2.24, 2.45) is 5.92 Å². The molecule has 1 aliphatic carbocycles. The summed E-state index contributed by atoms with van der Waals surface area (Å²) >= 11 is 0. The summed E-state index contributed by atoms with van der Waals surface area (Å²) in [6.45, 7) is 2.04. The maximum Gasteiger partial charge on any atom is 0.335 e. The molecule has 0 amide bonds. The number of rotatable bonds is 3. The zero-order chi connectivity index (χ0) is 15.8. The van der Waals surface area contributed by atoms with E-state index < -0.39 is 11.9 Å². The van der Waals surface area contributed by atoms with Crippen molar-refractivity contribution < 1.29 is 24.9 Å². The van der Waals surface area contributed by atoms with Crippen molar-refractivity contribution in [2.45, 2.75) is 39.0 Å². The Kier molecular flexibility index (Phi) is 6.88. The molecule has 21 heavy (non-hydrogen) atoms. The Morgan fingerprint density at radius 3 is 2.14 bits per heavy atom. The maximum atomic E-state index is 10.6. The molecule has 0 unspecified atom stereocenters. The van der Waals surface area contributed by atoms with Crippen LogP contribution in [0.3, 0.4) is 0 Å². The second-order valence-corrected chi connectivity index (χ2v) is 5.33. The minimum atomic E-state index is -1.12. The van der Waals surface area contributed by atoms with Crippen LogP contribution in [0.25, 0.3) is 0 Å². The molecule has 0 aliphatic heterocycles. The average molecular weight is 294 g/mol. The first-order valence-electron chi connectivity index (χ1n) is 7.13. The third-order valence-corrected chi connectivity index (χ3v) is 3.70. The Morgan fingerprint density at radius 2 is 1.71 bits per heavy atom. The van der Waals surface area contributed by atoms with Crippen molar-refractivity contribution in [3.63, 3.8) is 0 Å². The lowest BCUT2D eigenvalue weighted by Gasteiger charge is -2.18. The van der Waals surface area contributed by atoms with Crippen LogP contribution in [0.2, 0.25) is 0 Å². The molecule has 0 radical (unpaired) electrons. The predicted octanol–water partition coefficient (Wildman–Crippen LogP) is 2.95. The highest BCUT2D eigenvalue weighted by Crippen LogP contribution is 2.22. The fraction of sp³-hybridized carbons (Fsp3) is 0.500. The largest absolute Gasteiger partial charge is 0.478 e. The smallest absolute Gasteiger partial charge is 0.335 e. The molecule has 0 aromatic heterocycles. The molecule has 5 heteroatoms. The van der Waals surface area contributed by atoms with E-state index in [-0.39, 0.29) is 11.1 Å². The zero-order valence-electron chi connectivity index (χ0n) is 12.2. The van der Waals surface area contributed by atoms with Crippen molar-refractivity contribution in [3.05, 3.63) is 34.9 Å². The number of hydrogen-bond donors (Lipinski definition) is 3. The standard InChI is InChI=1S/C9H8O4.C7H14O/c1-5-2-3-6(8(10)11)4-7(5)9(12)13;8-6-7-4-2-1-3-5-7/h2-4H,1H3,(H,10,11)(H,12,13);7-8H,1-6H2. The molecule has 1 fully saturated rings. The van der Waals surface area contributed by atoms with Crippen LogP contribution in [0, 0.1) is 12.8 Å². The van der Waals surface area contributed by atoms with E-state index >= 15 is 0 Å². The van der Waals surface area contributed by atoms with Gasteiger partial charge in [0.05, 0.1) is 11.1 Å². The first-order chi connectivity index (χ1) is 9.95. The molecular weight excluding hydrogens is 272 g/mol. The van der Waals surface area contributed by atoms with Gasteiger partial charge >= 0.3 is 11.9 Å². The first kappa shape index (κ1) is 17.2. The molecule has 0 spiro atoms. The number of aryl methyl sites for hydroxylation is 1. The van der Waals surface area contributed by atoms with Crippen molar-refractivity contribution >= 4 is 11.9 Å². The second-order valence-electron chi connectivity index (χ2n) is 5.33. The number of carboxylic acid groups (broad SMARTS) is 2. The van der Waals surface area contributed by atoms with E-state index in [9.17, 15) is 9.59 Å². The van der Waals surface area contributed by atoms with Gasteiger partial charge in [-0.1, -0.05) is 25.3 Å². The molecule has 0 heterocycles. The van der Waals surface area contributed by atoms with E-state index in [0.29, 0.717) is 18.1 Å². The minimum Gasteiger partial charge on any atom is -0.478 e. The summed E-state index contributed by atoms with van der Waals surface area (Å²) in [6.07, 6.45) is 6.58. The molecule has 116 valence electrons. The van der Waals surface area contributed by atoms with E-state index in [1.54, 1.807) is 6.92 Å². The maximum absolute atomic E-state index is 10.6. The molecular formula is C16H22O5. The van der Waals surface area contributed by atoms with Crippen molar-refractivity contribution in [1.82, 2.24) is 0 Å². The molecule has 3 N–H and O–H groups in total. The van der Waals surface area contributed by atoms with Crippen LogP contribution in [0.1, 0.15) is 58.4 Å². The Morgan fingerprint density at radius 1 is 1.10 bits per heavy atom. The SMILES string of the molecule is Cc1ccc(C(=O)O)cc1C(=O)O.OCC1CCCCC1. The van der Waals surface area contributed by atoms with Crippen molar-refractivity contribution in [1.29, 1.82) is 0 Å². The number of carboxylic acids is 2. The molecule has 1 aromatic rings. The van der Waals surface area contributed by atoms with Crippen LogP contribution in [0.4, 0.5) is 0 Å². The Hall–Kier alpha value is -1.88. The number of aliphatic hydroxyl groups excluding tert-OH is 1. The van der Waals surface area contributed by atoms with E-state index in [1.165, 1.54) is 44.2 Å². The highest BCUT2D eigenvalue weighted by Gasteiger charge is 2.11. The Labute approximate surface area is 124 Å². The molecule has 1 saturated carbocycles. The summed E-state index contributed by atoms with van der Waals surface area (Å²) in [5.74, 6) is -1.59. The molecule has 0 saturated heterocycles. The lowest BCUT2D eigenvalue weighted by atomic mass is 9.90. The van der Waals surface area contributed by atoms with Gasteiger partial charge in [0.15, 0.2) is 0 Å². The van der Waals surface area contributed by atoms with Crippen LogP contribution in [0.15, 0.2) is 18.2 Å². The van der Waals surface area contributed by atoms with E-state index in [0.717, 1.165) is 6.07 Å². The topological polar surface area (TPSA) is 94.8 Å². The zero-order valence-corrected chi connectivity index (χ0v) is 12.2. The van der Waals surface area contributed by atoms with Crippen LogP contribution in [-0.2, 0) is 0 Å². The fourth-order valence-electron chi connectivity index (χ4n) is 2.36. The van der Waals surface area contributed by atoms with Gasteiger partial charge < -0.3 is 15.3 Å². The summed E-state index contributed by atoms with van der Waals surface area (Å²) in [5.41, 5.74) is 0.570. The monoisotopic (exact) mass is 294 g/mol. The molecule has 5 nitrogen and oxygen atoms in total. The summed E-state index contributed by atoms with van der Waals surface area (Å²) in [7, 11) is 0. The van der Waals surface area contributed by atoms with Crippen LogP contribution >= 0.6 is 0 Å². The van der Waals surface area contributed by atoms with Gasteiger partial charge in [-0.05, 0) is 43.4 Å². The van der Waals surface area contributed by atoms with E-state index in [1.807, 2.05) is 0 Å². The number of aromatic carboxylic acids is 2. The van der Waals surface area contributed by atoms with Crippen molar-refractivity contribution in [2.75, 3.05) is 6.61 Å². The lowest BCUT2D eigenvalue weighted by Crippen LogP contribution is -2.09. The number of carbonyl (C=O) groups is 2. The van der Waals surface area contributed by atoms with E-state index in [2.05, 4.69) is 0 Å². The second kappa shape index (κ2) is 8.42. The minimum absolute atomic E-state index is 0.0111. The average Bonchev–Trinajstić information content (AvgIpc) is 2.48. The third kappa shape index (κ3) is 5.55. The Bertz CT molecular complexity index is 489. The van der Waals surface area contributed by atoms with Crippen LogP contribution in [0.5, 0.6) is 0 Å². The van der Waals surface area contributed by atoms with Crippen molar-refractivity contribution in [3.8, 4) is 0 Å². The van der Waals surface area contributed by atoms with E-state index in [4.69, 9.17) is 15.3 Å². The Balaban J connectivity index is 0.000000235. The molecule has 0 bridgehead atoms. The molecule has 2 rings (SSSR count). The molecule has 0 atom stereocenters. The third-order valence-electron chi connectivity index (χ3n) is 3.70.